The first-order valence-electron chi connectivity index (χ1n) is 15.5. The van der Waals surface area contributed by atoms with Crippen molar-refractivity contribution in [3.05, 3.63) is 124 Å². The standard InChI is InChI=1S/C17H20N2O4S.C17H20N2O3S.CH4.2O2S/c1-12(2)17(24-23-22-19-20)13-4-6-14(7-5-13)18-15-8-10-16(21-3)11-9-15;1-12(2)17(23-22-21-19-20)14-6-10-16(11-7-14)18-15-8-4-13(3)5-9-15;;2*1-3-2/h4-12,17-18H,1-3H3;4-12,17-18H,1-3H3;1H4;;. The van der Waals surface area contributed by atoms with Gasteiger partial charge in [0.25, 0.3) is 0 Å². The number of nitrogens with zero attached hydrogens (tertiary/aromatic N) is 2. The summed E-state index contributed by atoms with van der Waals surface area (Å²) in [7, 11) is 1.64. The molecule has 0 spiro atoms. The summed E-state index contributed by atoms with van der Waals surface area (Å²) < 4.78 is 47.8. The zero-order chi connectivity index (χ0) is 39.4. The number of methoxy groups -OCH3 is 1. The van der Waals surface area contributed by atoms with Gasteiger partial charge in [-0.3, -0.25) is 0 Å². The number of aryl methyl sites for hydroxylation is 1. The second-order valence-corrected chi connectivity index (χ2v) is 13.1. The van der Waals surface area contributed by atoms with Gasteiger partial charge in [0.15, 0.2) is 10.7 Å². The molecule has 0 radical (unpaired) electrons. The van der Waals surface area contributed by atoms with Crippen LogP contribution in [0.1, 0.15) is 62.3 Å². The van der Waals surface area contributed by atoms with E-state index in [0.717, 1.165) is 63.7 Å². The van der Waals surface area contributed by atoms with Crippen molar-refractivity contribution in [2.24, 2.45) is 22.5 Å². The maximum Gasteiger partial charge on any atom is 0.335 e. The lowest BCUT2D eigenvalue weighted by molar-refractivity contribution is -0.194. The van der Waals surface area contributed by atoms with Crippen LogP contribution in [0, 0.1) is 28.6 Å². The Bertz CT molecular complexity index is 1660. The Kier molecular flexibility index (Phi) is 27.2. The minimum atomic E-state index is -0.750. The molecule has 4 aromatic rings. The van der Waals surface area contributed by atoms with Crippen molar-refractivity contribution in [1.29, 1.82) is 0 Å². The van der Waals surface area contributed by atoms with E-state index >= 15 is 0 Å². The number of nitrogens with one attached hydrogen (secondary N) is 2. The number of benzene rings is 4. The van der Waals surface area contributed by atoms with Crippen LogP contribution in [0.4, 0.5) is 22.7 Å². The van der Waals surface area contributed by atoms with Crippen LogP contribution in [0.15, 0.2) is 108 Å². The molecule has 2 atom stereocenters. The van der Waals surface area contributed by atoms with Crippen molar-refractivity contribution in [3.63, 3.8) is 0 Å². The zero-order valence-electron chi connectivity index (χ0n) is 29.6. The highest BCUT2D eigenvalue weighted by atomic mass is 32.2. The fourth-order valence-corrected chi connectivity index (χ4v) is 5.67. The molecule has 0 fully saturated rings. The lowest BCUT2D eigenvalue weighted by Gasteiger charge is -2.18. The fraction of sp³-hybridized carbons (Fsp3) is 0.314. The Morgan fingerprint density at radius 2 is 0.833 bits per heavy atom. The van der Waals surface area contributed by atoms with Gasteiger partial charge in [-0.05, 0) is 90.6 Å². The van der Waals surface area contributed by atoms with Crippen LogP contribution in [0.3, 0.4) is 0 Å². The van der Waals surface area contributed by atoms with Crippen molar-refractivity contribution in [2.45, 2.75) is 52.5 Å². The third-order valence-electron chi connectivity index (χ3n) is 6.82. The molecular weight excluding hydrogens is 781 g/mol. The van der Waals surface area contributed by atoms with Crippen LogP contribution < -0.4 is 15.4 Å². The van der Waals surface area contributed by atoms with Crippen LogP contribution in [-0.4, -0.2) is 23.9 Å². The molecule has 0 aliphatic carbocycles. The van der Waals surface area contributed by atoms with E-state index in [1.54, 1.807) is 7.11 Å². The fourth-order valence-electron chi connectivity index (χ4n) is 4.40. The van der Waals surface area contributed by atoms with E-state index in [1.165, 1.54) is 5.56 Å². The number of rotatable bonds is 17. The second kappa shape index (κ2) is 29.8. The molecule has 0 amide bonds. The van der Waals surface area contributed by atoms with Crippen molar-refractivity contribution < 1.29 is 40.2 Å². The maximum absolute atomic E-state index is 9.92. The van der Waals surface area contributed by atoms with Gasteiger partial charge in [-0.1, -0.05) is 85.8 Å². The predicted octanol–water partition coefficient (Wildman–Crippen LogP) is 10.4. The Labute approximate surface area is 331 Å². The highest BCUT2D eigenvalue weighted by Crippen LogP contribution is 2.38. The molecule has 0 aliphatic rings. The van der Waals surface area contributed by atoms with Crippen LogP contribution in [0.25, 0.3) is 0 Å². The Morgan fingerprint density at radius 1 is 0.537 bits per heavy atom. The average Bonchev–Trinajstić information content (AvgIpc) is 3.15. The molecule has 0 saturated heterocycles. The number of ether oxygens (including phenoxy) is 1. The molecule has 19 heteroatoms. The first kappa shape index (κ1) is 49.3. The molecule has 0 heterocycles. The number of hydrogen-bond donors (Lipinski definition) is 2. The lowest BCUT2D eigenvalue weighted by Crippen LogP contribution is -2.03. The van der Waals surface area contributed by atoms with Crippen molar-refractivity contribution >= 4 is 70.0 Å². The van der Waals surface area contributed by atoms with Crippen LogP contribution in [-0.2, 0) is 41.8 Å². The van der Waals surface area contributed by atoms with Crippen LogP contribution in [0.2, 0.25) is 0 Å². The van der Waals surface area contributed by atoms with Gasteiger partial charge in [0, 0.05) is 22.7 Å². The number of anilines is 4. The summed E-state index contributed by atoms with van der Waals surface area (Å²) in [5.41, 5.74) is 7.41. The van der Waals surface area contributed by atoms with Crippen molar-refractivity contribution in [3.8, 4) is 5.75 Å². The topological polar surface area (TPSA) is 197 Å². The van der Waals surface area contributed by atoms with E-state index in [0.29, 0.717) is 11.8 Å². The van der Waals surface area contributed by atoms with Gasteiger partial charge in [-0.15, -0.1) is 9.81 Å². The quantitative estimate of drug-likeness (QED) is 0.0335. The number of hydrogen-bond acceptors (Lipinski definition) is 17. The molecule has 0 aromatic heterocycles. The first-order valence-corrected chi connectivity index (χ1v) is 18.4. The van der Waals surface area contributed by atoms with Gasteiger partial charge in [0.05, 0.1) is 41.7 Å². The molecule has 4 aromatic carbocycles. The van der Waals surface area contributed by atoms with E-state index < -0.39 is 23.1 Å². The smallest absolute Gasteiger partial charge is 0.335 e. The molecule has 0 bridgehead atoms. The second-order valence-electron chi connectivity index (χ2n) is 11.2. The zero-order valence-corrected chi connectivity index (χ0v) is 32.8. The predicted molar refractivity (Wildman–Crippen MR) is 214 cm³/mol. The maximum atomic E-state index is 9.92. The summed E-state index contributed by atoms with van der Waals surface area (Å²) in [6, 6.07) is 32.1. The van der Waals surface area contributed by atoms with Gasteiger partial charge < -0.3 is 15.4 Å². The van der Waals surface area contributed by atoms with E-state index in [1.807, 2.05) is 84.9 Å². The highest BCUT2D eigenvalue weighted by Gasteiger charge is 2.20. The Hall–Kier alpha value is -4.66. The summed E-state index contributed by atoms with van der Waals surface area (Å²) in [5.74, 6) is 1.43. The van der Waals surface area contributed by atoms with Gasteiger partial charge in [-0.25, -0.2) is 0 Å². The van der Waals surface area contributed by atoms with Crippen LogP contribution in [0.5, 0.6) is 5.75 Å². The highest BCUT2D eigenvalue weighted by molar-refractivity contribution is 7.95. The van der Waals surface area contributed by atoms with E-state index in [-0.39, 0.29) is 17.9 Å². The van der Waals surface area contributed by atoms with E-state index in [9.17, 15) is 9.81 Å². The normalized spacial score (nSPS) is 10.8. The third kappa shape index (κ3) is 20.0. The molecule has 4 rings (SSSR count). The lowest BCUT2D eigenvalue weighted by atomic mass is 10.0. The summed E-state index contributed by atoms with van der Waals surface area (Å²) in [6.45, 7) is 10.4. The van der Waals surface area contributed by atoms with Gasteiger partial charge in [-0.2, -0.15) is 26.8 Å². The molecule has 294 valence electrons. The largest absolute Gasteiger partial charge is 0.497 e. The summed E-state index contributed by atoms with van der Waals surface area (Å²) in [4.78, 5) is 28.0. The molecule has 54 heavy (non-hydrogen) atoms. The average molecular weight is 825 g/mol. The molecule has 15 nitrogen and oxygen atoms in total. The summed E-state index contributed by atoms with van der Waals surface area (Å²) in [5, 5.41) is 11.2. The first-order chi connectivity index (χ1) is 25.6. The summed E-state index contributed by atoms with van der Waals surface area (Å²) in [6.07, 6.45) is 0. The van der Waals surface area contributed by atoms with Crippen molar-refractivity contribution in [1.82, 2.24) is 0 Å². The molecule has 0 saturated carbocycles. The Morgan fingerprint density at radius 3 is 1.11 bits per heavy atom. The van der Waals surface area contributed by atoms with Crippen LogP contribution >= 0.6 is 24.1 Å². The third-order valence-corrected chi connectivity index (χ3v) is 9.14. The Balaban J connectivity index is 0.000000894. The van der Waals surface area contributed by atoms with E-state index in [2.05, 4.69) is 78.0 Å². The van der Waals surface area contributed by atoms with Crippen molar-refractivity contribution in [2.75, 3.05) is 17.7 Å². The van der Waals surface area contributed by atoms with Gasteiger partial charge >= 0.3 is 23.1 Å². The minimum absolute atomic E-state index is 0. The summed E-state index contributed by atoms with van der Waals surface area (Å²) >= 11 is 0.653. The molecule has 0 aliphatic heterocycles. The molecule has 2 N–H and O–H groups in total. The minimum Gasteiger partial charge on any atom is -0.497 e. The van der Waals surface area contributed by atoms with Gasteiger partial charge in [0.2, 0.25) is 0 Å². The van der Waals surface area contributed by atoms with E-state index in [4.69, 9.17) is 30.2 Å². The molecule has 2 unspecified atom stereocenters. The van der Waals surface area contributed by atoms with Gasteiger partial charge in [0.1, 0.15) is 5.75 Å². The SMILES string of the molecule is C.COc1ccc(Nc2ccc(C(SOON=O)C(C)C)cc2)cc1.Cc1ccc(Nc2ccc(C(SOON=O)C(C)C)cc2)cc1.O=S=O.O=S=O. The monoisotopic (exact) mass is 824 g/mol. The molecular formula is C35H44N4O11S4.